The highest BCUT2D eigenvalue weighted by Gasteiger charge is 2.45. The average Bonchev–Trinajstić information content (AvgIpc) is 1.01. The van der Waals surface area contributed by atoms with Gasteiger partial charge in [0.1, 0.15) is 0 Å². The van der Waals surface area contributed by atoms with Crippen LogP contribution >= 0.6 is 0 Å². The molecule has 1 aliphatic carbocycles. The summed E-state index contributed by atoms with van der Waals surface area (Å²) in [7, 11) is 0. The van der Waals surface area contributed by atoms with Crippen molar-refractivity contribution in [1.29, 1.82) is 0 Å². The molecule has 0 aromatic heterocycles. The molecule has 4 heteroatoms. The van der Waals surface area contributed by atoms with E-state index < -0.39 is 0 Å². The highest BCUT2D eigenvalue weighted by atomic mass is 15.2. The molecule has 0 fully saturated rings. The second kappa shape index (κ2) is 19.5. The van der Waals surface area contributed by atoms with E-state index in [1.54, 1.807) is 0 Å². The van der Waals surface area contributed by atoms with Crippen LogP contribution in [0.1, 0.15) is 88.8 Å². The lowest BCUT2D eigenvalue weighted by Crippen LogP contribution is -2.61. The number of aryl methyl sites for hydroxylation is 2. The van der Waals surface area contributed by atoms with Gasteiger partial charge in [-0.2, -0.15) is 0 Å². The first-order valence-electron chi connectivity index (χ1n) is 29.6. The van der Waals surface area contributed by atoms with E-state index in [2.05, 4.69) is 327 Å². The maximum Gasteiger partial charge on any atom is 0.252 e. The van der Waals surface area contributed by atoms with Gasteiger partial charge in [0.2, 0.25) is 0 Å². The second-order valence-corrected chi connectivity index (χ2v) is 25.9. The minimum Gasteiger partial charge on any atom is -0.311 e. The number of rotatable bonds is 8. The van der Waals surface area contributed by atoms with Gasteiger partial charge in [0.05, 0.1) is 5.69 Å². The first kappa shape index (κ1) is 52.0. The van der Waals surface area contributed by atoms with E-state index in [1.165, 1.54) is 128 Å². The second-order valence-electron chi connectivity index (χ2n) is 25.9. The van der Waals surface area contributed by atoms with E-state index in [4.69, 9.17) is 0 Å². The van der Waals surface area contributed by atoms with Gasteiger partial charge in [-0.25, -0.2) is 0 Å². The summed E-state index contributed by atoms with van der Waals surface area (Å²) in [4.78, 5) is 7.73. The SMILES string of the molecule is Cc1cc(-c2ccccc2)cc(C)c1N(c1ccc(C(C)(C)C)cc1)c1ccc2c(c1)N(c1ccc(-c3ccccc3)cc1)c1cc(C(C)(C)C)cc3c1B2c1cc(-c2ccccc2)ccc1N3c1ccc2c(c1)C(C)(C)c1ccccc1-2. The van der Waals surface area contributed by atoms with Gasteiger partial charge in [-0.1, -0.05) is 219 Å². The Bertz CT molecular complexity index is 4290. The highest BCUT2D eigenvalue weighted by Crippen LogP contribution is 2.53. The summed E-state index contributed by atoms with van der Waals surface area (Å²) in [6.07, 6.45) is 0. The van der Waals surface area contributed by atoms with Crippen molar-refractivity contribution in [1.82, 2.24) is 0 Å². The van der Waals surface area contributed by atoms with Gasteiger partial charge in [-0.15, -0.1) is 0 Å². The Morgan fingerprint density at radius 1 is 0.361 bits per heavy atom. The quantitative estimate of drug-likeness (QED) is 0.140. The maximum absolute atomic E-state index is 2.61. The van der Waals surface area contributed by atoms with Crippen molar-refractivity contribution in [3.05, 3.63) is 276 Å². The smallest absolute Gasteiger partial charge is 0.252 e. The van der Waals surface area contributed by atoms with Crippen molar-refractivity contribution >= 4 is 74.3 Å². The zero-order valence-electron chi connectivity index (χ0n) is 49.5. The fourth-order valence-electron chi connectivity index (χ4n) is 13.8. The summed E-state index contributed by atoms with van der Waals surface area (Å²) in [6.45, 7) is 23.3. The largest absolute Gasteiger partial charge is 0.311 e. The Balaban J connectivity index is 1.05. The van der Waals surface area contributed by atoms with Crippen molar-refractivity contribution in [2.24, 2.45) is 0 Å². The number of anilines is 9. The molecular formula is C79H70BN3. The summed E-state index contributed by atoms with van der Waals surface area (Å²) < 4.78 is 0. The van der Waals surface area contributed by atoms with E-state index in [9.17, 15) is 0 Å². The topological polar surface area (TPSA) is 9.72 Å². The molecule has 0 unspecified atom stereocenters. The summed E-state index contributed by atoms with van der Waals surface area (Å²) in [5.74, 6) is 0. The molecule has 2 aliphatic heterocycles. The minimum atomic E-state index is -0.187. The van der Waals surface area contributed by atoms with Crippen molar-refractivity contribution in [2.45, 2.75) is 85.5 Å². The van der Waals surface area contributed by atoms with Crippen LogP contribution in [0.3, 0.4) is 0 Å². The predicted molar refractivity (Wildman–Crippen MR) is 356 cm³/mol. The lowest BCUT2D eigenvalue weighted by Gasteiger charge is -2.45. The third-order valence-corrected chi connectivity index (χ3v) is 18.2. The van der Waals surface area contributed by atoms with Crippen LogP contribution in [0.5, 0.6) is 0 Å². The van der Waals surface area contributed by atoms with Gasteiger partial charge in [0.25, 0.3) is 6.71 Å². The Hall–Kier alpha value is -9.12. The van der Waals surface area contributed by atoms with Crippen LogP contribution in [-0.2, 0) is 16.2 Å². The van der Waals surface area contributed by atoms with Crippen LogP contribution in [0.4, 0.5) is 51.2 Å². The molecule has 14 rings (SSSR count). The molecule has 0 saturated heterocycles. The van der Waals surface area contributed by atoms with E-state index >= 15 is 0 Å². The molecule has 0 bridgehead atoms. The Labute approximate surface area is 492 Å². The first-order chi connectivity index (χ1) is 40.0. The van der Waals surface area contributed by atoms with E-state index in [0.717, 1.165) is 17.1 Å². The van der Waals surface area contributed by atoms with E-state index in [0.29, 0.717) is 0 Å². The zero-order valence-corrected chi connectivity index (χ0v) is 49.5. The third-order valence-electron chi connectivity index (χ3n) is 18.2. The molecule has 0 saturated carbocycles. The van der Waals surface area contributed by atoms with E-state index in [1.807, 2.05) is 0 Å². The van der Waals surface area contributed by atoms with Crippen LogP contribution in [0.15, 0.2) is 243 Å². The molecule has 83 heavy (non-hydrogen) atoms. The van der Waals surface area contributed by atoms with Crippen LogP contribution in [-0.4, -0.2) is 6.71 Å². The van der Waals surface area contributed by atoms with Gasteiger partial charge in [0.15, 0.2) is 0 Å². The van der Waals surface area contributed by atoms with Crippen LogP contribution in [0, 0.1) is 13.8 Å². The van der Waals surface area contributed by atoms with Crippen molar-refractivity contribution in [2.75, 3.05) is 14.7 Å². The highest BCUT2D eigenvalue weighted by molar-refractivity contribution is 7.00. The fourth-order valence-corrected chi connectivity index (χ4v) is 13.8. The predicted octanol–water partition coefficient (Wildman–Crippen LogP) is 19.8. The third kappa shape index (κ3) is 8.72. The van der Waals surface area contributed by atoms with Crippen molar-refractivity contribution in [3.8, 4) is 44.5 Å². The summed E-state index contributed by atoms with van der Waals surface area (Å²) >= 11 is 0. The Morgan fingerprint density at radius 2 is 0.867 bits per heavy atom. The number of nitrogens with zero attached hydrogens (tertiary/aromatic N) is 3. The molecule has 0 spiro atoms. The summed E-state index contributed by atoms with van der Waals surface area (Å²) in [5, 5.41) is 0. The normalized spacial score (nSPS) is 13.7. The monoisotopic (exact) mass is 1070 g/mol. The lowest BCUT2D eigenvalue weighted by atomic mass is 9.33. The summed E-state index contributed by atoms with van der Waals surface area (Å²) in [6, 6.07) is 91.8. The number of benzene rings is 11. The number of hydrogen-bond donors (Lipinski definition) is 0. The van der Waals surface area contributed by atoms with Gasteiger partial charge in [0, 0.05) is 50.9 Å². The molecule has 3 nitrogen and oxygen atoms in total. The molecule has 0 radical (unpaired) electrons. The molecule has 3 aliphatic rings. The standard InChI is InChI=1S/C79H70BN3/c1-51-44-58(55-26-18-13-19-27-55)45-52(2)76(51)81(61-37-33-59(34-38-61)77(3,4)5)64-40-42-69-72(50-64)82(62-35-30-56(31-36-62)53-22-14-11-15-23-53)73-47-60(78(6,7)8)48-74-75(73)80(69)70-46-57(54-24-16-12-17-25-54)32-43-71(70)83(74)63-39-41-66-65-28-20-21-29-67(65)79(9,10)68(66)49-63/h11-50H,1-10H3. The Morgan fingerprint density at radius 3 is 1.48 bits per heavy atom. The molecule has 2 heterocycles. The molecule has 0 atom stereocenters. The molecule has 11 aromatic carbocycles. The maximum atomic E-state index is 2.61. The van der Waals surface area contributed by atoms with Crippen LogP contribution in [0.2, 0.25) is 0 Å². The number of hydrogen-bond acceptors (Lipinski definition) is 3. The lowest BCUT2D eigenvalue weighted by molar-refractivity contribution is 0.590. The fraction of sp³-hybridized carbons (Fsp3) is 0.165. The van der Waals surface area contributed by atoms with Crippen LogP contribution < -0.4 is 31.1 Å². The molecule has 404 valence electrons. The average molecular weight is 1070 g/mol. The van der Waals surface area contributed by atoms with Crippen molar-refractivity contribution < 1.29 is 0 Å². The molecule has 11 aromatic rings. The van der Waals surface area contributed by atoms with Crippen LogP contribution in [0.25, 0.3) is 44.5 Å². The number of fused-ring (bicyclic) bond motifs is 7. The Kier molecular flexibility index (Phi) is 12.2. The first-order valence-corrected chi connectivity index (χ1v) is 29.6. The zero-order chi connectivity index (χ0) is 57.1. The van der Waals surface area contributed by atoms with Crippen molar-refractivity contribution in [3.63, 3.8) is 0 Å². The summed E-state index contributed by atoms with van der Waals surface area (Å²) in [5.41, 5.74) is 31.6. The van der Waals surface area contributed by atoms with Gasteiger partial charge in [-0.3, -0.25) is 0 Å². The van der Waals surface area contributed by atoms with Gasteiger partial charge in [-0.05, 0) is 198 Å². The molecular weight excluding hydrogens is 1000 g/mol. The van der Waals surface area contributed by atoms with E-state index in [-0.39, 0.29) is 23.0 Å². The minimum absolute atomic E-state index is 0.00227. The van der Waals surface area contributed by atoms with Gasteiger partial charge < -0.3 is 14.7 Å². The molecule has 0 amide bonds. The van der Waals surface area contributed by atoms with Gasteiger partial charge >= 0.3 is 0 Å². The molecule has 0 N–H and O–H groups in total.